The minimum atomic E-state index is -0.479. The molecule has 0 spiro atoms. The molecule has 0 fully saturated rings. The van der Waals surface area contributed by atoms with E-state index in [2.05, 4.69) is 0 Å². The molecule has 2 aromatic rings. The Morgan fingerprint density at radius 1 is 0.941 bits per heavy atom. The second-order valence-corrected chi connectivity index (χ2v) is 4.33. The maximum absolute atomic E-state index is 10.1. The van der Waals surface area contributed by atoms with Crippen LogP contribution < -0.4 is 4.74 Å². The van der Waals surface area contributed by atoms with Crippen molar-refractivity contribution in [2.45, 2.75) is 18.6 Å². The molecule has 1 heterocycles. The Labute approximate surface area is 100 Å². The van der Waals surface area contributed by atoms with Gasteiger partial charge in [-0.1, -0.05) is 48.5 Å². The Morgan fingerprint density at radius 3 is 2.47 bits per heavy atom. The number of para-hydroxylation sites is 1. The van der Waals surface area contributed by atoms with E-state index in [-0.39, 0.29) is 6.10 Å². The van der Waals surface area contributed by atoms with Crippen molar-refractivity contribution in [3.05, 3.63) is 65.7 Å². The lowest BCUT2D eigenvalue weighted by Gasteiger charge is -2.30. The summed E-state index contributed by atoms with van der Waals surface area (Å²) in [7, 11) is 0. The fourth-order valence-corrected chi connectivity index (χ4v) is 2.27. The normalized spacial score (nSPS) is 22.6. The van der Waals surface area contributed by atoms with Gasteiger partial charge in [0.2, 0.25) is 0 Å². The lowest BCUT2D eigenvalue weighted by Crippen LogP contribution is -2.30. The molecular weight excluding hydrogens is 212 g/mol. The Balaban J connectivity index is 1.95. The quantitative estimate of drug-likeness (QED) is 0.810. The molecule has 86 valence electrons. The van der Waals surface area contributed by atoms with Crippen molar-refractivity contribution < 1.29 is 9.84 Å². The molecule has 1 aliphatic heterocycles. The lowest BCUT2D eigenvalue weighted by atomic mass is 9.95. The number of benzene rings is 2. The molecule has 3 rings (SSSR count). The third-order valence-corrected chi connectivity index (χ3v) is 3.13. The first kappa shape index (κ1) is 10.4. The third-order valence-electron chi connectivity index (χ3n) is 3.13. The minimum absolute atomic E-state index is 0.258. The molecular formula is C15H14O2. The molecule has 1 aliphatic rings. The molecule has 0 saturated heterocycles. The molecule has 2 atom stereocenters. The van der Waals surface area contributed by atoms with Crippen LogP contribution in [0.1, 0.15) is 17.2 Å². The van der Waals surface area contributed by atoms with Gasteiger partial charge in [-0.3, -0.25) is 0 Å². The molecule has 0 saturated carbocycles. The molecule has 0 unspecified atom stereocenters. The van der Waals surface area contributed by atoms with Crippen molar-refractivity contribution in [3.8, 4) is 5.75 Å². The summed E-state index contributed by atoms with van der Waals surface area (Å²) < 4.78 is 5.88. The van der Waals surface area contributed by atoms with Gasteiger partial charge in [0.05, 0.1) is 6.10 Å². The molecule has 2 heteroatoms. The van der Waals surface area contributed by atoms with Gasteiger partial charge in [-0.15, -0.1) is 0 Å². The van der Waals surface area contributed by atoms with Crippen LogP contribution in [0.15, 0.2) is 54.6 Å². The summed E-state index contributed by atoms with van der Waals surface area (Å²) in [6, 6.07) is 17.8. The summed E-state index contributed by atoms with van der Waals surface area (Å²) >= 11 is 0. The monoisotopic (exact) mass is 226 g/mol. The summed E-state index contributed by atoms with van der Waals surface area (Å²) in [5, 5.41) is 10.1. The number of fused-ring (bicyclic) bond motifs is 1. The Kier molecular flexibility index (Phi) is 2.57. The van der Waals surface area contributed by atoms with Crippen molar-refractivity contribution in [2.75, 3.05) is 0 Å². The van der Waals surface area contributed by atoms with Crippen LogP contribution in [-0.4, -0.2) is 11.2 Å². The second-order valence-electron chi connectivity index (χ2n) is 4.33. The van der Waals surface area contributed by atoms with E-state index >= 15 is 0 Å². The highest BCUT2D eigenvalue weighted by atomic mass is 16.5. The van der Waals surface area contributed by atoms with E-state index in [9.17, 15) is 5.11 Å². The van der Waals surface area contributed by atoms with Gasteiger partial charge in [0, 0.05) is 6.42 Å². The van der Waals surface area contributed by atoms with Crippen LogP contribution in [0.25, 0.3) is 0 Å². The Hall–Kier alpha value is -1.80. The zero-order valence-electron chi connectivity index (χ0n) is 9.41. The highest BCUT2D eigenvalue weighted by Gasteiger charge is 2.29. The van der Waals surface area contributed by atoms with Gasteiger partial charge in [-0.2, -0.15) is 0 Å². The van der Waals surface area contributed by atoms with Crippen molar-refractivity contribution in [3.63, 3.8) is 0 Å². The maximum atomic E-state index is 10.1. The van der Waals surface area contributed by atoms with Gasteiger partial charge >= 0.3 is 0 Å². The van der Waals surface area contributed by atoms with Crippen LogP contribution in [0.3, 0.4) is 0 Å². The van der Waals surface area contributed by atoms with Crippen molar-refractivity contribution in [2.24, 2.45) is 0 Å². The fourth-order valence-electron chi connectivity index (χ4n) is 2.27. The molecule has 1 N–H and O–H groups in total. The largest absolute Gasteiger partial charge is 0.483 e. The van der Waals surface area contributed by atoms with Gasteiger partial charge in [-0.25, -0.2) is 0 Å². The van der Waals surface area contributed by atoms with Crippen molar-refractivity contribution in [1.82, 2.24) is 0 Å². The van der Waals surface area contributed by atoms with Crippen LogP contribution >= 0.6 is 0 Å². The van der Waals surface area contributed by atoms with Crippen LogP contribution in [0, 0.1) is 0 Å². The first-order chi connectivity index (χ1) is 8.34. The lowest BCUT2D eigenvalue weighted by molar-refractivity contribution is 0.0208. The summed E-state index contributed by atoms with van der Waals surface area (Å²) in [6.45, 7) is 0. The molecule has 0 bridgehead atoms. The summed E-state index contributed by atoms with van der Waals surface area (Å²) in [4.78, 5) is 0. The molecule has 0 radical (unpaired) electrons. The zero-order valence-corrected chi connectivity index (χ0v) is 9.41. The second kappa shape index (κ2) is 4.22. The van der Waals surface area contributed by atoms with Crippen LogP contribution in [0.5, 0.6) is 5.75 Å². The SMILES string of the molecule is O[C@H]1Cc2ccccc2O[C@@H]1c1ccccc1. The molecule has 0 amide bonds. The number of ether oxygens (including phenoxy) is 1. The summed E-state index contributed by atoms with van der Waals surface area (Å²) in [5.74, 6) is 0.881. The molecule has 0 aliphatic carbocycles. The number of aliphatic hydroxyl groups excluding tert-OH is 1. The van der Waals surface area contributed by atoms with E-state index < -0.39 is 6.10 Å². The van der Waals surface area contributed by atoms with E-state index in [1.165, 1.54) is 0 Å². The van der Waals surface area contributed by atoms with E-state index in [0.717, 1.165) is 16.9 Å². The summed E-state index contributed by atoms with van der Waals surface area (Å²) in [6.07, 6.45) is -0.0890. The number of aliphatic hydroxyl groups is 1. The summed E-state index contributed by atoms with van der Waals surface area (Å²) in [5.41, 5.74) is 2.10. The molecule has 17 heavy (non-hydrogen) atoms. The average molecular weight is 226 g/mol. The Bertz CT molecular complexity index is 507. The molecule has 0 aromatic heterocycles. The van der Waals surface area contributed by atoms with Crippen molar-refractivity contribution in [1.29, 1.82) is 0 Å². The molecule has 2 aromatic carbocycles. The van der Waals surface area contributed by atoms with Crippen LogP contribution in [0.4, 0.5) is 0 Å². The van der Waals surface area contributed by atoms with Gasteiger partial charge in [-0.05, 0) is 17.2 Å². The van der Waals surface area contributed by atoms with Gasteiger partial charge in [0.15, 0.2) is 0 Å². The van der Waals surface area contributed by atoms with E-state index in [1.54, 1.807) is 0 Å². The standard InChI is InChI=1S/C15H14O2/c16-13-10-12-8-4-5-9-14(12)17-15(13)11-6-2-1-3-7-11/h1-9,13,15-16H,10H2/t13-,15+/m0/s1. The van der Waals surface area contributed by atoms with Gasteiger partial charge in [0.1, 0.15) is 11.9 Å². The minimum Gasteiger partial charge on any atom is -0.483 e. The maximum Gasteiger partial charge on any atom is 0.150 e. The fraction of sp³-hybridized carbons (Fsp3) is 0.200. The smallest absolute Gasteiger partial charge is 0.150 e. The van der Waals surface area contributed by atoms with Gasteiger partial charge < -0.3 is 9.84 Å². The number of hydrogen-bond acceptors (Lipinski definition) is 2. The predicted octanol–water partition coefficient (Wildman–Crippen LogP) is 2.72. The first-order valence-corrected chi connectivity index (χ1v) is 5.82. The average Bonchev–Trinajstić information content (AvgIpc) is 2.39. The van der Waals surface area contributed by atoms with E-state index in [0.29, 0.717) is 6.42 Å². The third kappa shape index (κ3) is 1.92. The number of hydrogen-bond donors (Lipinski definition) is 1. The molecule has 2 nitrogen and oxygen atoms in total. The highest BCUT2D eigenvalue weighted by Crippen LogP contribution is 2.34. The zero-order chi connectivity index (χ0) is 11.7. The van der Waals surface area contributed by atoms with Crippen LogP contribution in [0.2, 0.25) is 0 Å². The predicted molar refractivity (Wildman–Crippen MR) is 66.0 cm³/mol. The van der Waals surface area contributed by atoms with E-state index in [1.807, 2.05) is 54.6 Å². The number of rotatable bonds is 1. The van der Waals surface area contributed by atoms with Gasteiger partial charge in [0.25, 0.3) is 0 Å². The van der Waals surface area contributed by atoms with Crippen LogP contribution in [-0.2, 0) is 6.42 Å². The van der Waals surface area contributed by atoms with Crippen molar-refractivity contribution >= 4 is 0 Å². The Morgan fingerprint density at radius 2 is 1.65 bits per heavy atom. The van der Waals surface area contributed by atoms with E-state index in [4.69, 9.17) is 4.74 Å². The highest BCUT2D eigenvalue weighted by molar-refractivity contribution is 5.37. The topological polar surface area (TPSA) is 29.5 Å². The first-order valence-electron chi connectivity index (χ1n) is 5.82.